The minimum atomic E-state index is -4.34. The van der Waals surface area contributed by atoms with Crippen LogP contribution in [0.15, 0.2) is 30.3 Å². The minimum Gasteiger partial charge on any atom is -0.447 e. The number of hydrogen-bond acceptors (Lipinski definition) is 2. The van der Waals surface area contributed by atoms with E-state index in [1.54, 1.807) is 32.0 Å². The SMILES string of the molecule is CC(C)OC(=O)N1CCC(c2ccccc2)(C(F)(F)F)CC1. The van der Waals surface area contributed by atoms with Gasteiger partial charge in [-0.05, 0) is 32.3 Å². The van der Waals surface area contributed by atoms with Crippen molar-refractivity contribution in [1.29, 1.82) is 0 Å². The summed E-state index contributed by atoms with van der Waals surface area (Å²) in [6, 6.07) is 7.94. The number of likely N-dealkylation sites (tertiary alicyclic amines) is 1. The van der Waals surface area contributed by atoms with Gasteiger partial charge in [0.05, 0.1) is 11.5 Å². The quantitative estimate of drug-likeness (QED) is 0.821. The predicted molar refractivity (Wildman–Crippen MR) is 76.6 cm³/mol. The summed E-state index contributed by atoms with van der Waals surface area (Å²) in [5, 5.41) is 0. The average molecular weight is 315 g/mol. The molecular weight excluding hydrogens is 295 g/mol. The molecule has 1 aromatic rings. The molecule has 6 heteroatoms. The van der Waals surface area contributed by atoms with Gasteiger partial charge in [-0.25, -0.2) is 4.79 Å². The Kier molecular flexibility index (Phi) is 4.68. The molecule has 0 aromatic heterocycles. The molecule has 0 saturated carbocycles. The third-order valence-corrected chi connectivity index (χ3v) is 4.08. The molecule has 0 aliphatic carbocycles. The molecule has 1 amide bonds. The highest BCUT2D eigenvalue weighted by atomic mass is 19.4. The van der Waals surface area contributed by atoms with Gasteiger partial charge < -0.3 is 9.64 Å². The molecule has 0 N–H and O–H groups in total. The van der Waals surface area contributed by atoms with Crippen LogP contribution in [0.3, 0.4) is 0 Å². The first-order valence-electron chi connectivity index (χ1n) is 7.34. The van der Waals surface area contributed by atoms with E-state index in [0.717, 1.165) is 0 Å². The van der Waals surface area contributed by atoms with Crippen LogP contribution in [0.1, 0.15) is 32.3 Å². The van der Waals surface area contributed by atoms with Gasteiger partial charge in [-0.2, -0.15) is 13.2 Å². The molecule has 3 nitrogen and oxygen atoms in total. The third-order valence-electron chi connectivity index (χ3n) is 4.08. The van der Waals surface area contributed by atoms with Crippen LogP contribution in [0.25, 0.3) is 0 Å². The van der Waals surface area contributed by atoms with Gasteiger partial charge in [0.15, 0.2) is 0 Å². The number of rotatable bonds is 2. The molecular formula is C16H20F3NO2. The number of piperidine rings is 1. The fourth-order valence-electron chi connectivity index (χ4n) is 2.84. The lowest BCUT2D eigenvalue weighted by Crippen LogP contribution is -2.52. The second kappa shape index (κ2) is 6.18. The summed E-state index contributed by atoms with van der Waals surface area (Å²) in [5.41, 5.74) is -1.62. The second-order valence-corrected chi connectivity index (χ2v) is 5.87. The lowest BCUT2D eigenvalue weighted by Gasteiger charge is -2.43. The average Bonchev–Trinajstić information content (AvgIpc) is 2.46. The molecule has 2 rings (SSSR count). The molecule has 1 aromatic carbocycles. The highest BCUT2D eigenvalue weighted by Gasteiger charge is 2.57. The van der Waals surface area contributed by atoms with E-state index in [2.05, 4.69) is 0 Å². The van der Waals surface area contributed by atoms with E-state index >= 15 is 0 Å². The van der Waals surface area contributed by atoms with Crippen LogP contribution in [-0.2, 0) is 10.2 Å². The summed E-state index contributed by atoms with van der Waals surface area (Å²) in [5.74, 6) is 0. The topological polar surface area (TPSA) is 29.5 Å². The maximum absolute atomic E-state index is 13.7. The first kappa shape index (κ1) is 16.6. The van der Waals surface area contributed by atoms with Crippen LogP contribution in [-0.4, -0.2) is 36.4 Å². The summed E-state index contributed by atoms with van der Waals surface area (Å²) in [6.45, 7) is 3.51. The van der Waals surface area contributed by atoms with E-state index in [-0.39, 0.29) is 37.6 Å². The van der Waals surface area contributed by atoms with Gasteiger partial charge >= 0.3 is 12.3 Å². The molecule has 0 bridgehead atoms. The van der Waals surface area contributed by atoms with E-state index in [0.29, 0.717) is 0 Å². The van der Waals surface area contributed by atoms with E-state index in [9.17, 15) is 18.0 Å². The lowest BCUT2D eigenvalue weighted by atomic mass is 9.72. The summed E-state index contributed by atoms with van der Waals surface area (Å²) >= 11 is 0. The predicted octanol–water partition coefficient (Wildman–Crippen LogP) is 4.13. The first-order valence-corrected chi connectivity index (χ1v) is 7.34. The Bertz CT molecular complexity index is 506. The Labute approximate surface area is 128 Å². The summed E-state index contributed by atoms with van der Waals surface area (Å²) < 4.78 is 46.1. The fourth-order valence-corrected chi connectivity index (χ4v) is 2.84. The van der Waals surface area contributed by atoms with Crippen molar-refractivity contribution in [2.75, 3.05) is 13.1 Å². The van der Waals surface area contributed by atoms with Crippen LogP contribution >= 0.6 is 0 Å². The number of ether oxygens (including phenoxy) is 1. The number of alkyl halides is 3. The molecule has 1 fully saturated rings. The highest BCUT2D eigenvalue weighted by Crippen LogP contribution is 2.48. The zero-order chi connectivity index (χ0) is 16.4. The maximum Gasteiger partial charge on any atom is 0.410 e. The highest BCUT2D eigenvalue weighted by molar-refractivity contribution is 5.68. The monoisotopic (exact) mass is 315 g/mol. The molecule has 0 radical (unpaired) electrons. The largest absolute Gasteiger partial charge is 0.447 e. The number of carbonyl (C=O) groups excluding carboxylic acids is 1. The van der Waals surface area contributed by atoms with Gasteiger partial charge in [0.25, 0.3) is 0 Å². The number of halogens is 3. The van der Waals surface area contributed by atoms with Crippen LogP contribution in [0.2, 0.25) is 0 Å². The summed E-state index contributed by atoms with van der Waals surface area (Å²) in [6.07, 6.45) is -5.46. The Morgan fingerprint density at radius 1 is 1.18 bits per heavy atom. The summed E-state index contributed by atoms with van der Waals surface area (Å²) in [4.78, 5) is 13.2. The van der Waals surface area contributed by atoms with Crippen LogP contribution in [0, 0.1) is 0 Å². The van der Waals surface area contributed by atoms with Gasteiger partial charge in [0.1, 0.15) is 0 Å². The van der Waals surface area contributed by atoms with Crippen molar-refractivity contribution < 1.29 is 22.7 Å². The number of amides is 1. The molecule has 22 heavy (non-hydrogen) atoms. The van der Waals surface area contributed by atoms with Crippen molar-refractivity contribution in [2.24, 2.45) is 0 Å². The Morgan fingerprint density at radius 3 is 2.18 bits per heavy atom. The third kappa shape index (κ3) is 3.20. The van der Waals surface area contributed by atoms with E-state index in [1.165, 1.54) is 17.0 Å². The minimum absolute atomic E-state index is 0.0416. The molecule has 0 spiro atoms. The van der Waals surface area contributed by atoms with Crippen LogP contribution < -0.4 is 0 Å². The van der Waals surface area contributed by atoms with Crippen molar-refractivity contribution in [1.82, 2.24) is 4.90 Å². The molecule has 1 aliphatic heterocycles. The van der Waals surface area contributed by atoms with Crippen LogP contribution in [0.4, 0.5) is 18.0 Å². The van der Waals surface area contributed by atoms with Crippen molar-refractivity contribution >= 4 is 6.09 Å². The molecule has 1 saturated heterocycles. The summed E-state index contributed by atoms with van der Waals surface area (Å²) in [7, 11) is 0. The maximum atomic E-state index is 13.7. The van der Waals surface area contributed by atoms with Crippen LogP contribution in [0.5, 0.6) is 0 Å². The number of carbonyl (C=O) groups is 1. The van der Waals surface area contributed by atoms with Gasteiger partial charge in [-0.3, -0.25) is 0 Å². The number of benzene rings is 1. The normalized spacial score (nSPS) is 18.4. The number of nitrogens with zero attached hydrogens (tertiary/aromatic N) is 1. The Morgan fingerprint density at radius 2 is 1.73 bits per heavy atom. The van der Waals surface area contributed by atoms with Crippen molar-refractivity contribution in [3.63, 3.8) is 0 Å². The van der Waals surface area contributed by atoms with Gasteiger partial charge in [0.2, 0.25) is 0 Å². The Balaban J connectivity index is 2.18. The van der Waals surface area contributed by atoms with Gasteiger partial charge in [-0.1, -0.05) is 30.3 Å². The molecule has 122 valence electrons. The molecule has 0 atom stereocenters. The molecule has 0 unspecified atom stereocenters. The van der Waals surface area contributed by atoms with Crippen molar-refractivity contribution in [3.8, 4) is 0 Å². The Hall–Kier alpha value is -1.72. The fraction of sp³-hybridized carbons (Fsp3) is 0.562. The lowest BCUT2D eigenvalue weighted by molar-refractivity contribution is -0.202. The molecule has 1 aliphatic rings. The van der Waals surface area contributed by atoms with Gasteiger partial charge in [-0.15, -0.1) is 0 Å². The molecule has 1 heterocycles. The second-order valence-electron chi connectivity index (χ2n) is 5.87. The van der Waals surface area contributed by atoms with Gasteiger partial charge in [0, 0.05) is 13.1 Å². The van der Waals surface area contributed by atoms with Crippen molar-refractivity contribution in [2.45, 2.75) is 44.4 Å². The van der Waals surface area contributed by atoms with E-state index < -0.39 is 17.7 Å². The van der Waals surface area contributed by atoms with E-state index in [4.69, 9.17) is 4.74 Å². The number of hydrogen-bond donors (Lipinski definition) is 0. The zero-order valence-electron chi connectivity index (χ0n) is 12.7. The van der Waals surface area contributed by atoms with Crippen molar-refractivity contribution in [3.05, 3.63) is 35.9 Å². The zero-order valence-corrected chi connectivity index (χ0v) is 12.7. The smallest absolute Gasteiger partial charge is 0.410 e. The van der Waals surface area contributed by atoms with E-state index in [1.807, 2.05) is 0 Å². The standard InChI is InChI=1S/C16H20F3NO2/c1-12(2)22-14(21)20-10-8-15(9-11-20,16(17,18)19)13-6-4-3-5-7-13/h3-7,12H,8-11H2,1-2H3. The first-order chi connectivity index (χ1) is 10.3.